The third-order valence-corrected chi connectivity index (χ3v) is 3.67. The van der Waals surface area contributed by atoms with E-state index in [1.54, 1.807) is 6.26 Å². The molecule has 88 valence electrons. The minimum absolute atomic E-state index is 0.120. The first-order valence-corrected chi connectivity index (χ1v) is 7.06. The lowest BCUT2D eigenvalue weighted by atomic mass is 9.89. The second-order valence-electron chi connectivity index (χ2n) is 4.37. The van der Waals surface area contributed by atoms with Crippen molar-refractivity contribution in [1.29, 1.82) is 0 Å². The fourth-order valence-corrected chi connectivity index (χ4v) is 2.25. The highest BCUT2D eigenvalue weighted by Gasteiger charge is 2.35. The zero-order valence-electron chi connectivity index (χ0n) is 9.47. The zero-order valence-corrected chi connectivity index (χ0v) is 10.3. The Labute approximate surface area is 93.7 Å². The number of rotatable bonds is 5. The maximum Gasteiger partial charge on any atom is 0.227 e. The number of hydrogen-bond acceptors (Lipinski definition) is 3. The topological polar surface area (TPSA) is 58.2 Å². The fraction of sp³-hybridized carbons (Fsp3) is 0.900. The summed E-state index contributed by atoms with van der Waals surface area (Å²) in [6.07, 6.45) is 3.38. The van der Waals surface area contributed by atoms with E-state index < -0.39 is 10.8 Å². The average molecular weight is 232 g/mol. The Morgan fingerprint density at radius 2 is 2.33 bits per heavy atom. The van der Waals surface area contributed by atoms with Crippen molar-refractivity contribution in [3.05, 3.63) is 0 Å². The normalized spacial score (nSPS) is 27.6. The van der Waals surface area contributed by atoms with Crippen molar-refractivity contribution < 1.29 is 9.00 Å². The molecule has 1 amide bonds. The molecule has 4 nitrogen and oxygen atoms in total. The molecule has 2 unspecified atom stereocenters. The van der Waals surface area contributed by atoms with E-state index in [-0.39, 0.29) is 11.3 Å². The lowest BCUT2D eigenvalue weighted by Crippen LogP contribution is -2.40. The van der Waals surface area contributed by atoms with Crippen LogP contribution in [0.3, 0.4) is 0 Å². The monoisotopic (exact) mass is 232 g/mol. The zero-order chi connectivity index (χ0) is 11.3. The number of carbonyl (C=O) groups excluding carboxylic acids is 1. The molecule has 2 atom stereocenters. The second kappa shape index (κ2) is 5.61. The van der Waals surface area contributed by atoms with Crippen molar-refractivity contribution in [2.75, 3.05) is 31.6 Å². The van der Waals surface area contributed by atoms with Crippen LogP contribution >= 0.6 is 0 Å². The molecule has 1 saturated heterocycles. The van der Waals surface area contributed by atoms with Gasteiger partial charge in [-0.15, -0.1) is 0 Å². The van der Waals surface area contributed by atoms with Crippen LogP contribution in [0.25, 0.3) is 0 Å². The van der Waals surface area contributed by atoms with Gasteiger partial charge in [-0.1, -0.05) is 0 Å². The minimum atomic E-state index is -0.756. The summed E-state index contributed by atoms with van der Waals surface area (Å²) in [4.78, 5) is 11.8. The van der Waals surface area contributed by atoms with Crippen LogP contribution in [-0.4, -0.2) is 41.8 Å². The molecule has 1 aliphatic heterocycles. The Morgan fingerprint density at radius 3 is 2.87 bits per heavy atom. The molecule has 0 aromatic heterocycles. The third-order valence-electron chi connectivity index (χ3n) is 2.81. The largest absolute Gasteiger partial charge is 0.356 e. The molecule has 5 heteroatoms. The van der Waals surface area contributed by atoms with Crippen LogP contribution in [0.2, 0.25) is 0 Å². The summed E-state index contributed by atoms with van der Waals surface area (Å²) < 4.78 is 10.8. The number of carbonyl (C=O) groups is 1. The van der Waals surface area contributed by atoms with Gasteiger partial charge in [0.25, 0.3) is 0 Å². The molecule has 0 saturated carbocycles. The summed E-state index contributed by atoms with van der Waals surface area (Å²) in [5.74, 6) is 0.782. The molecule has 1 heterocycles. The van der Waals surface area contributed by atoms with Crippen molar-refractivity contribution in [2.24, 2.45) is 5.41 Å². The van der Waals surface area contributed by atoms with E-state index in [4.69, 9.17) is 0 Å². The molecule has 0 radical (unpaired) electrons. The molecule has 0 spiro atoms. The van der Waals surface area contributed by atoms with Gasteiger partial charge in [0, 0.05) is 35.9 Å². The highest BCUT2D eigenvalue weighted by Crippen LogP contribution is 2.24. The lowest BCUT2D eigenvalue weighted by Gasteiger charge is -2.21. The molecule has 1 fully saturated rings. The Morgan fingerprint density at radius 1 is 1.60 bits per heavy atom. The summed E-state index contributed by atoms with van der Waals surface area (Å²) in [6.45, 7) is 4.30. The summed E-state index contributed by atoms with van der Waals surface area (Å²) in [6, 6.07) is 0. The van der Waals surface area contributed by atoms with Crippen LogP contribution in [0.4, 0.5) is 0 Å². The summed E-state index contributed by atoms with van der Waals surface area (Å²) in [7, 11) is -0.756. The molecular formula is C10H20N2O2S. The van der Waals surface area contributed by atoms with Gasteiger partial charge in [-0.25, -0.2) is 0 Å². The van der Waals surface area contributed by atoms with Crippen molar-refractivity contribution in [1.82, 2.24) is 10.6 Å². The van der Waals surface area contributed by atoms with Crippen LogP contribution in [0, 0.1) is 5.41 Å². The molecule has 1 aliphatic rings. The second-order valence-corrected chi connectivity index (χ2v) is 5.93. The van der Waals surface area contributed by atoms with Gasteiger partial charge >= 0.3 is 0 Å². The molecular weight excluding hydrogens is 212 g/mol. The molecule has 0 bridgehead atoms. The van der Waals surface area contributed by atoms with Crippen LogP contribution in [0.5, 0.6) is 0 Å². The minimum Gasteiger partial charge on any atom is -0.356 e. The van der Waals surface area contributed by atoms with Crippen LogP contribution in [0.15, 0.2) is 0 Å². The summed E-state index contributed by atoms with van der Waals surface area (Å²) >= 11 is 0. The van der Waals surface area contributed by atoms with E-state index >= 15 is 0 Å². The van der Waals surface area contributed by atoms with Crippen LogP contribution in [0.1, 0.15) is 19.8 Å². The number of hydrogen-bond donors (Lipinski definition) is 2. The van der Waals surface area contributed by atoms with Crippen LogP contribution < -0.4 is 10.6 Å². The Balaban J connectivity index is 2.21. The first-order valence-electron chi connectivity index (χ1n) is 5.34. The quantitative estimate of drug-likeness (QED) is 0.649. The predicted molar refractivity (Wildman–Crippen MR) is 62.2 cm³/mol. The van der Waals surface area contributed by atoms with Gasteiger partial charge in [0.15, 0.2) is 0 Å². The fourth-order valence-electron chi connectivity index (χ4n) is 1.70. The molecule has 2 N–H and O–H groups in total. The SMILES string of the molecule is CS(=O)CCCNC(=O)C1(C)CCNC1. The Bertz CT molecular complexity index is 250. The Kier molecular flexibility index (Phi) is 4.73. The maximum atomic E-state index is 11.8. The van der Waals surface area contributed by atoms with Gasteiger partial charge in [-0.2, -0.15) is 0 Å². The first-order chi connectivity index (χ1) is 7.04. The molecule has 0 aliphatic carbocycles. The van der Waals surface area contributed by atoms with Gasteiger partial charge in [0.05, 0.1) is 5.41 Å². The highest BCUT2D eigenvalue weighted by molar-refractivity contribution is 7.84. The average Bonchev–Trinajstić information content (AvgIpc) is 2.60. The smallest absolute Gasteiger partial charge is 0.227 e. The van der Waals surface area contributed by atoms with Crippen molar-refractivity contribution >= 4 is 16.7 Å². The first kappa shape index (κ1) is 12.6. The Hall–Kier alpha value is -0.420. The highest BCUT2D eigenvalue weighted by atomic mass is 32.2. The molecule has 1 rings (SSSR count). The standard InChI is InChI=1S/C10H20N2O2S/c1-10(4-6-11-8-10)9(13)12-5-3-7-15(2)14/h11H,3-8H2,1-2H3,(H,12,13). The third kappa shape index (κ3) is 3.91. The van der Waals surface area contributed by atoms with Gasteiger partial charge in [-0.3, -0.25) is 9.00 Å². The van der Waals surface area contributed by atoms with Gasteiger partial charge in [-0.05, 0) is 26.3 Å². The van der Waals surface area contributed by atoms with Crippen molar-refractivity contribution in [2.45, 2.75) is 19.8 Å². The number of amides is 1. The van der Waals surface area contributed by atoms with Gasteiger partial charge in [0.2, 0.25) is 5.91 Å². The van der Waals surface area contributed by atoms with E-state index in [2.05, 4.69) is 10.6 Å². The van der Waals surface area contributed by atoms with Crippen LogP contribution in [-0.2, 0) is 15.6 Å². The number of nitrogens with one attached hydrogen (secondary N) is 2. The van der Waals surface area contributed by atoms with Gasteiger partial charge < -0.3 is 10.6 Å². The van der Waals surface area contributed by atoms with E-state index in [0.29, 0.717) is 12.3 Å². The molecule has 0 aromatic carbocycles. The van der Waals surface area contributed by atoms with E-state index in [1.807, 2.05) is 6.92 Å². The van der Waals surface area contributed by atoms with Gasteiger partial charge in [0.1, 0.15) is 0 Å². The van der Waals surface area contributed by atoms with Crippen molar-refractivity contribution in [3.63, 3.8) is 0 Å². The lowest BCUT2D eigenvalue weighted by molar-refractivity contribution is -0.129. The molecule has 15 heavy (non-hydrogen) atoms. The van der Waals surface area contributed by atoms with E-state index in [0.717, 1.165) is 25.9 Å². The maximum absolute atomic E-state index is 11.8. The summed E-state index contributed by atoms with van der Waals surface area (Å²) in [5, 5.41) is 6.10. The molecule has 0 aromatic rings. The predicted octanol–water partition coefficient (Wildman–Crippen LogP) is -0.129. The van der Waals surface area contributed by atoms with Crippen molar-refractivity contribution in [3.8, 4) is 0 Å². The van der Waals surface area contributed by atoms with E-state index in [1.165, 1.54) is 0 Å². The summed E-state index contributed by atoms with van der Waals surface area (Å²) in [5.41, 5.74) is -0.245. The van der Waals surface area contributed by atoms with E-state index in [9.17, 15) is 9.00 Å².